The number of ketones is 1. The Morgan fingerprint density at radius 3 is 3.04 bits per heavy atom. The lowest BCUT2D eigenvalue weighted by Crippen LogP contribution is -2.42. The van der Waals surface area contributed by atoms with Crippen LogP contribution in [0.5, 0.6) is 5.75 Å². The van der Waals surface area contributed by atoms with Crippen molar-refractivity contribution in [3.05, 3.63) is 42.0 Å². The average molecular weight is 339 g/mol. The third kappa shape index (κ3) is 2.42. The molecule has 0 aromatic heterocycles. The highest BCUT2D eigenvalue weighted by atomic mass is 16.5. The lowest BCUT2D eigenvalue weighted by atomic mass is 9.55. The van der Waals surface area contributed by atoms with Gasteiger partial charge in [-0.1, -0.05) is 30.8 Å². The van der Waals surface area contributed by atoms with Crippen LogP contribution in [0, 0.1) is 17.3 Å². The number of benzene rings is 1. The van der Waals surface area contributed by atoms with Gasteiger partial charge in [-0.15, -0.1) is 0 Å². The molecule has 1 aromatic carbocycles. The highest BCUT2D eigenvalue weighted by molar-refractivity contribution is 6.43. The molecule has 3 aliphatic rings. The predicted molar refractivity (Wildman–Crippen MR) is 96.4 cm³/mol. The Morgan fingerprint density at radius 1 is 1.44 bits per heavy atom. The molecule has 25 heavy (non-hydrogen) atoms. The molecule has 4 rings (SSSR count). The van der Waals surface area contributed by atoms with Crippen molar-refractivity contribution in [1.82, 2.24) is 0 Å². The van der Waals surface area contributed by atoms with Gasteiger partial charge in [-0.3, -0.25) is 4.79 Å². The number of carbonyl (C=O) groups excluding carboxylic acids is 1. The van der Waals surface area contributed by atoms with Crippen LogP contribution in [0.4, 0.5) is 0 Å². The van der Waals surface area contributed by atoms with E-state index in [1.807, 2.05) is 0 Å². The first-order valence-corrected chi connectivity index (χ1v) is 9.20. The zero-order valence-electron chi connectivity index (χ0n) is 14.7. The van der Waals surface area contributed by atoms with E-state index >= 15 is 0 Å². The minimum atomic E-state index is -0.340. The van der Waals surface area contributed by atoms with Gasteiger partial charge < -0.3 is 9.94 Å². The topological polar surface area (TPSA) is 58.9 Å². The summed E-state index contributed by atoms with van der Waals surface area (Å²) in [7, 11) is 0. The van der Waals surface area contributed by atoms with E-state index in [-0.39, 0.29) is 11.2 Å². The average Bonchev–Trinajstić information content (AvgIpc) is 2.90. The number of hydrogen-bond acceptors (Lipinski definition) is 4. The highest BCUT2D eigenvalue weighted by Gasteiger charge is 2.57. The minimum absolute atomic E-state index is 0.0671. The van der Waals surface area contributed by atoms with Crippen LogP contribution < -0.4 is 4.74 Å². The van der Waals surface area contributed by atoms with Crippen molar-refractivity contribution >= 4 is 11.5 Å². The molecule has 0 heterocycles. The number of oxime groups is 1. The van der Waals surface area contributed by atoms with Gasteiger partial charge in [-0.2, -0.15) is 0 Å². The number of nitrogens with zero attached hydrogens (tertiary/aromatic N) is 1. The maximum atomic E-state index is 12.6. The van der Waals surface area contributed by atoms with Gasteiger partial charge in [0.05, 0.1) is 0 Å². The molecule has 2 saturated carbocycles. The van der Waals surface area contributed by atoms with Crippen LogP contribution >= 0.6 is 0 Å². The van der Waals surface area contributed by atoms with Crippen LogP contribution in [0.3, 0.4) is 0 Å². The van der Waals surface area contributed by atoms with Crippen molar-refractivity contribution in [2.75, 3.05) is 6.61 Å². The van der Waals surface area contributed by atoms with E-state index in [0.717, 1.165) is 31.4 Å². The van der Waals surface area contributed by atoms with Crippen LogP contribution in [0.25, 0.3) is 0 Å². The van der Waals surface area contributed by atoms with Crippen LogP contribution in [-0.2, 0) is 11.2 Å². The van der Waals surface area contributed by atoms with E-state index < -0.39 is 0 Å². The second-order valence-corrected chi connectivity index (χ2v) is 7.91. The van der Waals surface area contributed by atoms with Crippen molar-refractivity contribution in [2.24, 2.45) is 22.4 Å². The zero-order chi connectivity index (χ0) is 17.6. The van der Waals surface area contributed by atoms with E-state index in [2.05, 4.69) is 36.9 Å². The fourth-order valence-electron chi connectivity index (χ4n) is 5.50. The van der Waals surface area contributed by atoms with E-state index in [9.17, 15) is 10.0 Å². The summed E-state index contributed by atoms with van der Waals surface area (Å²) in [6, 6.07) is 6.44. The van der Waals surface area contributed by atoms with Crippen molar-refractivity contribution in [3.8, 4) is 5.75 Å². The molecular weight excluding hydrogens is 314 g/mol. The molecule has 0 bridgehead atoms. The van der Waals surface area contributed by atoms with Gasteiger partial charge in [-0.25, -0.2) is 0 Å². The van der Waals surface area contributed by atoms with Crippen molar-refractivity contribution in [2.45, 2.75) is 44.9 Å². The number of carbonyl (C=O) groups is 1. The summed E-state index contributed by atoms with van der Waals surface area (Å²) in [5.41, 5.74) is 2.85. The van der Waals surface area contributed by atoms with Crippen molar-refractivity contribution in [3.63, 3.8) is 0 Å². The molecule has 132 valence electrons. The molecule has 4 heteroatoms. The van der Waals surface area contributed by atoms with Crippen LogP contribution in [0.2, 0.25) is 0 Å². The molecule has 2 fully saturated rings. The van der Waals surface area contributed by atoms with Gasteiger partial charge in [-0.05, 0) is 66.7 Å². The number of fused-ring (bicyclic) bond motifs is 5. The molecule has 4 atom stereocenters. The molecule has 0 unspecified atom stereocenters. The molecular formula is C21H25NO3. The van der Waals surface area contributed by atoms with Crippen LogP contribution in [0.1, 0.15) is 49.7 Å². The first kappa shape index (κ1) is 16.4. The summed E-state index contributed by atoms with van der Waals surface area (Å²) in [4.78, 5) is 12.6. The quantitative estimate of drug-likeness (QED) is 0.512. The maximum Gasteiger partial charge on any atom is 0.186 e. The molecule has 4 nitrogen and oxygen atoms in total. The monoisotopic (exact) mass is 339 g/mol. The summed E-state index contributed by atoms with van der Waals surface area (Å²) in [5, 5.41) is 12.5. The van der Waals surface area contributed by atoms with Gasteiger partial charge in [0.1, 0.15) is 18.1 Å². The SMILES string of the molecule is C=CCOc1ccc2c(c1)CC[C@H]1[C@@H]2CC[C@]2(C)C(=O)/C(=N/O)C[C@@H]12. The van der Waals surface area contributed by atoms with Gasteiger partial charge in [0, 0.05) is 11.8 Å². The molecule has 0 saturated heterocycles. The first-order valence-electron chi connectivity index (χ1n) is 9.20. The van der Waals surface area contributed by atoms with Crippen molar-refractivity contribution in [1.29, 1.82) is 0 Å². The largest absolute Gasteiger partial charge is 0.490 e. The third-order valence-electron chi connectivity index (χ3n) is 6.77. The fourth-order valence-corrected chi connectivity index (χ4v) is 5.50. The van der Waals surface area contributed by atoms with Crippen molar-refractivity contribution < 1.29 is 14.7 Å². The number of rotatable bonds is 3. The van der Waals surface area contributed by atoms with E-state index in [1.165, 1.54) is 11.1 Å². The number of ether oxygens (including phenoxy) is 1. The summed E-state index contributed by atoms with van der Waals surface area (Å²) in [5.74, 6) is 2.27. The molecule has 0 aliphatic heterocycles. The van der Waals surface area contributed by atoms with E-state index in [1.54, 1.807) is 6.08 Å². The normalized spacial score (nSPS) is 35.0. The number of hydrogen-bond donors (Lipinski definition) is 1. The standard InChI is InChI=1S/C21H25NO3/c1-3-10-25-14-5-7-15-13(11-14)4-6-17-16(15)8-9-21(2)18(17)12-19(22-24)20(21)23/h3,5,7,11,16-18,24H,1,4,6,8-10,12H2,2H3/b22-19+/t16-,17+,18+,21+/m1/s1. The minimum Gasteiger partial charge on any atom is -0.490 e. The number of aryl methyl sites for hydroxylation is 1. The Kier molecular flexibility index (Phi) is 3.94. The lowest BCUT2D eigenvalue weighted by Gasteiger charge is -2.47. The summed E-state index contributed by atoms with van der Waals surface area (Å²) < 4.78 is 5.68. The molecule has 1 N–H and O–H groups in total. The second-order valence-electron chi connectivity index (χ2n) is 7.91. The maximum absolute atomic E-state index is 12.6. The first-order chi connectivity index (χ1) is 12.1. The Bertz CT molecular complexity index is 754. The lowest BCUT2D eigenvalue weighted by molar-refractivity contribution is -0.125. The molecule has 0 amide bonds. The second kappa shape index (κ2) is 6.01. The summed E-state index contributed by atoms with van der Waals surface area (Å²) in [6.45, 7) is 6.30. The Balaban J connectivity index is 1.64. The predicted octanol–water partition coefficient (Wildman–Crippen LogP) is 4.12. The third-order valence-corrected chi connectivity index (χ3v) is 6.77. The van der Waals surface area contributed by atoms with Crippen LogP contribution in [-0.4, -0.2) is 23.3 Å². The Labute approximate surface area is 148 Å². The molecule has 0 spiro atoms. The Hall–Kier alpha value is -2.10. The van der Waals surface area contributed by atoms with E-state index in [0.29, 0.717) is 36.5 Å². The molecule has 1 aromatic rings. The van der Waals surface area contributed by atoms with Gasteiger partial charge >= 0.3 is 0 Å². The highest BCUT2D eigenvalue weighted by Crippen LogP contribution is 2.59. The zero-order valence-corrected chi connectivity index (χ0v) is 14.7. The van der Waals surface area contributed by atoms with Gasteiger partial charge in [0.25, 0.3) is 0 Å². The smallest absolute Gasteiger partial charge is 0.186 e. The van der Waals surface area contributed by atoms with Crippen LogP contribution in [0.15, 0.2) is 36.0 Å². The number of Topliss-reactive ketones (excluding diaryl/α,β-unsaturated/α-hetero) is 1. The summed E-state index contributed by atoms with van der Waals surface area (Å²) in [6.07, 6.45) is 6.41. The molecule has 0 radical (unpaired) electrons. The van der Waals surface area contributed by atoms with Gasteiger partial charge in [0.15, 0.2) is 5.78 Å². The van der Waals surface area contributed by atoms with E-state index in [4.69, 9.17) is 4.74 Å². The Morgan fingerprint density at radius 2 is 2.28 bits per heavy atom. The fraction of sp³-hybridized carbons (Fsp3) is 0.524. The molecule has 3 aliphatic carbocycles. The summed E-state index contributed by atoms with van der Waals surface area (Å²) >= 11 is 0. The van der Waals surface area contributed by atoms with Gasteiger partial charge in [0.2, 0.25) is 0 Å².